The average molecular weight is 312 g/mol. The van der Waals surface area contributed by atoms with Crippen molar-refractivity contribution in [3.05, 3.63) is 65.7 Å². The lowest BCUT2D eigenvalue weighted by Gasteiger charge is -2.14. The van der Waals surface area contributed by atoms with Gasteiger partial charge in [-0.25, -0.2) is 4.79 Å². The van der Waals surface area contributed by atoms with Crippen LogP contribution in [0.4, 0.5) is 5.69 Å². The van der Waals surface area contributed by atoms with E-state index in [4.69, 9.17) is 0 Å². The Hall–Kier alpha value is -3.15. The second-order valence-corrected chi connectivity index (χ2v) is 4.97. The predicted octanol–water partition coefficient (Wildman–Crippen LogP) is 1.82. The monoisotopic (exact) mass is 312 g/mol. The van der Waals surface area contributed by atoms with E-state index in [9.17, 15) is 19.5 Å². The Balaban J connectivity index is 2.09. The molecule has 0 spiro atoms. The van der Waals surface area contributed by atoms with Crippen molar-refractivity contribution in [1.29, 1.82) is 0 Å². The number of hydrogen-bond donors (Lipinski definition) is 3. The summed E-state index contributed by atoms with van der Waals surface area (Å²) in [7, 11) is 0. The topological polar surface area (TPSA) is 95.5 Å². The quantitative estimate of drug-likeness (QED) is 0.734. The van der Waals surface area contributed by atoms with Crippen LogP contribution in [0.3, 0.4) is 0 Å². The molecule has 0 heterocycles. The fraction of sp³-hybridized carbons (Fsp3) is 0.118. The van der Waals surface area contributed by atoms with Gasteiger partial charge in [-0.05, 0) is 31.2 Å². The van der Waals surface area contributed by atoms with Crippen LogP contribution in [0.1, 0.15) is 15.9 Å². The molecule has 0 aliphatic rings. The maximum atomic E-state index is 12.1. The number of carbonyl (C=O) groups is 3. The SMILES string of the molecule is Cc1ccc(C(=O)NC(C(=O)O)C(=O)Nc2ccccc2)cc1. The summed E-state index contributed by atoms with van der Waals surface area (Å²) < 4.78 is 0. The average Bonchev–Trinajstić information content (AvgIpc) is 2.53. The maximum Gasteiger partial charge on any atom is 0.336 e. The molecule has 118 valence electrons. The first-order valence-corrected chi connectivity index (χ1v) is 6.93. The van der Waals surface area contributed by atoms with Gasteiger partial charge in [0, 0.05) is 11.3 Å². The van der Waals surface area contributed by atoms with Gasteiger partial charge in [-0.3, -0.25) is 9.59 Å². The highest BCUT2D eigenvalue weighted by atomic mass is 16.4. The molecular formula is C17H16N2O4. The van der Waals surface area contributed by atoms with E-state index in [1.807, 2.05) is 6.92 Å². The van der Waals surface area contributed by atoms with Gasteiger partial charge in [0.2, 0.25) is 6.04 Å². The smallest absolute Gasteiger partial charge is 0.336 e. The fourth-order valence-electron chi connectivity index (χ4n) is 1.89. The normalized spacial score (nSPS) is 11.3. The number of benzene rings is 2. The molecule has 2 aromatic carbocycles. The van der Waals surface area contributed by atoms with Crippen molar-refractivity contribution in [2.75, 3.05) is 5.32 Å². The highest BCUT2D eigenvalue weighted by Crippen LogP contribution is 2.07. The molecule has 0 aliphatic carbocycles. The highest BCUT2D eigenvalue weighted by Gasteiger charge is 2.28. The van der Waals surface area contributed by atoms with Gasteiger partial charge in [0.1, 0.15) is 0 Å². The van der Waals surface area contributed by atoms with Crippen molar-refractivity contribution in [3.63, 3.8) is 0 Å². The Kier molecular flexibility index (Phi) is 5.09. The summed E-state index contributed by atoms with van der Waals surface area (Å²) in [5, 5.41) is 13.9. The molecule has 2 rings (SSSR count). The van der Waals surface area contributed by atoms with Crippen LogP contribution >= 0.6 is 0 Å². The molecule has 2 aromatic rings. The van der Waals surface area contributed by atoms with Crippen LogP contribution in [-0.2, 0) is 9.59 Å². The highest BCUT2D eigenvalue weighted by molar-refractivity contribution is 6.11. The van der Waals surface area contributed by atoms with Gasteiger partial charge in [0.05, 0.1) is 0 Å². The first-order valence-electron chi connectivity index (χ1n) is 6.93. The second kappa shape index (κ2) is 7.22. The lowest BCUT2D eigenvalue weighted by Crippen LogP contribution is -2.49. The van der Waals surface area contributed by atoms with Gasteiger partial charge >= 0.3 is 5.97 Å². The standard InChI is InChI=1S/C17H16N2O4/c1-11-7-9-12(10-8-11)15(20)19-14(17(22)23)16(21)18-13-5-3-2-4-6-13/h2-10,14H,1H3,(H,18,21)(H,19,20)(H,22,23). The third-order valence-electron chi connectivity index (χ3n) is 3.14. The summed E-state index contributed by atoms with van der Waals surface area (Å²) in [6, 6.07) is 13.3. The van der Waals surface area contributed by atoms with Crippen LogP contribution in [0.5, 0.6) is 0 Å². The lowest BCUT2D eigenvalue weighted by atomic mass is 10.1. The number of aryl methyl sites for hydroxylation is 1. The van der Waals surface area contributed by atoms with E-state index < -0.39 is 23.8 Å². The van der Waals surface area contributed by atoms with Crippen molar-refractivity contribution in [3.8, 4) is 0 Å². The molecule has 0 aliphatic heterocycles. The minimum Gasteiger partial charge on any atom is -0.479 e. The zero-order valence-corrected chi connectivity index (χ0v) is 12.4. The Morgan fingerprint density at radius 1 is 0.957 bits per heavy atom. The number of para-hydroxylation sites is 1. The van der Waals surface area contributed by atoms with E-state index in [0.29, 0.717) is 5.69 Å². The molecular weight excluding hydrogens is 296 g/mol. The molecule has 6 heteroatoms. The Bertz CT molecular complexity index is 711. The first kappa shape index (κ1) is 16.2. The number of nitrogens with one attached hydrogen (secondary N) is 2. The van der Waals surface area contributed by atoms with Crippen LogP contribution in [0.2, 0.25) is 0 Å². The predicted molar refractivity (Wildman–Crippen MR) is 85.1 cm³/mol. The largest absolute Gasteiger partial charge is 0.479 e. The van der Waals surface area contributed by atoms with Crippen molar-refractivity contribution in [2.24, 2.45) is 0 Å². The molecule has 0 bridgehead atoms. The van der Waals surface area contributed by atoms with Crippen LogP contribution in [0, 0.1) is 6.92 Å². The summed E-state index contributed by atoms with van der Waals surface area (Å²) in [5.41, 5.74) is 1.71. The molecule has 0 aromatic heterocycles. The van der Waals surface area contributed by atoms with Crippen molar-refractivity contribution >= 4 is 23.5 Å². The van der Waals surface area contributed by atoms with Gasteiger partial charge < -0.3 is 15.7 Å². The van der Waals surface area contributed by atoms with E-state index in [2.05, 4.69) is 10.6 Å². The second-order valence-electron chi connectivity index (χ2n) is 4.97. The molecule has 2 amide bonds. The Labute approximate surface area is 133 Å². The number of amides is 2. The lowest BCUT2D eigenvalue weighted by molar-refractivity contribution is -0.142. The van der Waals surface area contributed by atoms with Gasteiger partial charge in [-0.1, -0.05) is 35.9 Å². The third kappa shape index (κ3) is 4.41. The maximum absolute atomic E-state index is 12.1. The van der Waals surface area contributed by atoms with E-state index >= 15 is 0 Å². The minimum absolute atomic E-state index is 0.286. The van der Waals surface area contributed by atoms with Crippen LogP contribution in [0.25, 0.3) is 0 Å². The Morgan fingerprint density at radius 3 is 2.13 bits per heavy atom. The first-order chi connectivity index (χ1) is 11.0. The van der Waals surface area contributed by atoms with E-state index in [0.717, 1.165) is 5.56 Å². The number of carboxylic acid groups (broad SMARTS) is 1. The van der Waals surface area contributed by atoms with Gasteiger partial charge in [0.25, 0.3) is 11.8 Å². The summed E-state index contributed by atoms with van der Waals surface area (Å²) in [4.78, 5) is 35.4. The number of anilines is 1. The fourth-order valence-corrected chi connectivity index (χ4v) is 1.89. The number of aliphatic carboxylic acids is 1. The summed E-state index contributed by atoms with van der Waals surface area (Å²) in [6.07, 6.45) is 0. The van der Waals surface area contributed by atoms with Crippen LogP contribution in [-0.4, -0.2) is 28.9 Å². The molecule has 6 nitrogen and oxygen atoms in total. The van der Waals surface area contributed by atoms with Crippen molar-refractivity contribution in [1.82, 2.24) is 5.32 Å². The number of rotatable bonds is 5. The summed E-state index contributed by atoms with van der Waals surface area (Å²) in [5.74, 6) is -2.87. The molecule has 0 saturated heterocycles. The van der Waals surface area contributed by atoms with Crippen LogP contribution in [0.15, 0.2) is 54.6 Å². The number of hydrogen-bond acceptors (Lipinski definition) is 3. The molecule has 0 saturated carbocycles. The number of carboxylic acids is 1. The molecule has 23 heavy (non-hydrogen) atoms. The zero-order valence-electron chi connectivity index (χ0n) is 12.4. The van der Waals surface area contributed by atoms with Crippen molar-refractivity contribution in [2.45, 2.75) is 13.0 Å². The summed E-state index contributed by atoms with van der Waals surface area (Å²) in [6.45, 7) is 1.87. The van der Waals surface area contributed by atoms with E-state index in [-0.39, 0.29) is 5.56 Å². The van der Waals surface area contributed by atoms with Crippen LogP contribution < -0.4 is 10.6 Å². The third-order valence-corrected chi connectivity index (χ3v) is 3.14. The number of carbonyl (C=O) groups excluding carboxylic acids is 2. The molecule has 0 radical (unpaired) electrons. The molecule has 0 fully saturated rings. The molecule has 3 N–H and O–H groups in total. The van der Waals surface area contributed by atoms with Crippen molar-refractivity contribution < 1.29 is 19.5 Å². The van der Waals surface area contributed by atoms with Gasteiger partial charge in [0.15, 0.2) is 0 Å². The van der Waals surface area contributed by atoms with Gasteiger partial charge in [-0.2, -0.15) is 0 Å². The van der Waals surface area contributed by atoms with E-state index in [1.54, 1.807) is 54.6 Å². The molecule has 1 atom stereocenters. The van der Waals surface area contributed by atoms with E-state index in [1.165, 1.54) is 0 Å². The minimum atomic E-state index is -1.68. The summed E-state index contributed by atoms with van der Waals surface area (Å²) >= 11 is 0. The molecule has 1 unspecified atom stereocenters. The van der Waals surface area contributed by atoms with Gasteiger partial charge in [-0.15, -0.1) is 0 Å². The Morgan fingerprint density at radius 2 is 1.57 bits per heavy atom. The zero-order chi connectivity index (χ0) is 16.8.